The minimum Gasteiger partial charge on any atom is -0.376 e. The molecule has 1 aliphatic heterocycles. The third-order valence-electron chi connectivity index (χ3n) is 3.30. The molecule has 0 N–H and O–H groups in total. The van der Waals surface area contributed by atoms with Gasteiger partial charge < -0.3 is 9.47 Å². The van der Waals surface area contributed by atoms with Crippen LogP contribution in [-0.4, -0.2) is 18.3 Å². The molecule has 2 rings (SSSR count). The quantitative estimate of drug-likeness (QED) is 0.555. The fourth-order valence-electron chi connectivity index (χ4n) is 2.11. The molecule has 0 saturated carbocycles. The van der Waals surface area contributed by atoms with E-state index in [1.165, 1.54) is 5.56 Å². The second kappa shape index (κ2) is 5.03. The van der Waals surface area contributed by atoms with E-state index in [0.717, 1.165) is 6.61 Å². The summed E-state index contributed by atoms with van der Waals surface area (Å²) in [4.78, 5) is 0. The largest absolute Gasteiger partial charge is 0.376 e. The topological polar surface area (TPSA) is 21.8 Å². The minimum atomic E-state index is -0.129. The molecule has 0 bridgehead atoms. The average Bonchev–Trinajstić information content (AvgIpc) is 3.04. The fraction of sp³-hybridized carbons (Fsp3) is 0.467. The first-order valence-corrected chi connectivity index (χ1v) is 6.09. The summed E-state index contributed by atoms with van der Waals surface area (Å²) >= 11 is 0. The first-order chi connectivity index (χ1) is 8.15. The normalized spacial score (nSPS) is 28.7. The van der Waals surface area contributed by atoms with E-state index in [2.05, 4.69) is 32.6 Å². The summed E-state index contributed by atoms with van der Waals surface area (Å²) in [5.74, 6) is 0.404. The Kier molecular flexibility index (Phi) is 3.65. The van der Waals surface area contributed by atoms with Gasteiger partial charge in [0.15, 0.2) is 0 Å². The Bertz CT molecular complexity index is 374. The smallest absolute Gasteiger partial charge is 0.110 e. The summed E-state index contributed by atoms with van der Waals surface area (Å²) in [5.41, 5.74) is 1.08. The lowest BCUT2D eigenvalue weighted by Crippen LogP contribution is -2.18. The minimum absolute atomic E-state index is 0.129. The number of hydrogen-bond donors (Lipinski definition) is 0. The Morgan fingerprint density at radius 1 is 1.47 bits per heavy atom. The summed E-state index contributed by atoms with van der Waals surface area (Å²) in [6.45, 7) is 9.41. The zero-order valence-corrected chi connectivity index (χ0v) is 10.6. The SMILES string of the molecule is C=C[C@]1(C)OC1[C@H](C)COCc1ccccc1. The van der Waals surface area contributed by atoms with Crippen molar-refractivity contribution in [2.75, 3.05) is 6.61 Å². The van der Waals surface area contributed by atoms with Gasteiger partial charge in [-0.15, -0.1) is 6.58 Å². The van der Waals surface area contributed by atoms with Crippen LogP contribution in [0.5, 0.6) is 0 Å². The maximum absolute atomic E-state index is 5.71. The Balaban J connectivity index is 1.71. The Labute approximate surface area is 103 Å². The van der Waals surface area contributed by atoms with Crippen molar-refractivity contribution in [1.82, 2.24) is 0 Å². The molecule has 0 aliphatic carbocycles. The van der Waals surface area contributed by atoms with E-state index < -0.39 is 0 Å². The van der Waals surface area contributed by atoms with Crippen molar-refractivity contribution in [2.45, 2.75) is 32.2 Å². The monoisotopic (exact) mass is 232 g/mol. The molecule has 17 heavy (non-hydrogen) atoms. The van der Waals surface area contributed by atoms with E-state index in [0.29, 0.717) is 12.5 Å². The Morgan fingerprint density at radius 2 is 2.18 bits per heavy atom. The molecular weight excluding hydrogens is 212 g/mol. The first-order valence-electron chi connectivity index (χ1n) is 6.09. The molecule has 1 saturated heterocycles. The molecule has 0 spiro atoms. The van der Waals surface area contributed by atoms with Crippen LogP contribution in [0.1, 0.15) is 19.4 Å². The maximum atomic E-state index is 5.71. The van der Waals surface area contributed by atoms with Crippen molar-refractivity contribution >= 4 is 0 Å². The lowest BCUT2D eigenvalue weighted by atomic mass is 9.98. The van der Waals surface area contributed by atoms with Crippen molar-refractivity contribution in [2.24, 2.45) is 5.92 Å². The second-order valence-electron chi connectivity index (χ2n) is 4.90. The van der Waals surface area contributed by atoms with Gasteiger partial charge in [0.1, 0.15) is 5.60 Å². The molecule has 2 nitrogen and oxygen atoms in total. The molecule has 2 heteroatoms. The van der Waals surface area contributed by atoms with Crippen LogP contribution in [0, 0.1) is 5.92 Å². The van der Waals surface area contributed by atoms with Gasteiger partial charge in [0.2, 0.25) is 0 Å². The van der Waals surface area contributed by atoms with Crippen LogP contribution < -0.4 is 0 Å². The zero-order valence-electron chi connectivity index (χ0n) is 10.6. The predicted octanol–water partition coefficient (Wildman–Crippen LogP) is 3.18. The van der Waals surface area contributed by atoms with Gasteiger partial charge in [0.25, 0.3) is 0 Å². The highest BCUT2D eigenvalue weighted by atomic mass is 16.6. The molecule has 1 fully saturated rings. The Hall–Kier alpha value is -1.12. The molecule has 1 aliphatic rings. The number of hydrogen-bond acceptors (Lipinski definition) is 2. The van der Waals surface area contributed by atoms with Crippen molar-refractivity contribution in [1.29, 1.82) is 0 Å². The zero-order chi connectivity index (χ0) is 12.3. The number of rotatable bonds is 6. The second-order valence-corrected chi connectivity index (χ2v) is 4.90. The number of epoxide rings is 1. The van der Waals surface area contributed by atoms with Gasteiger partial charge in [-0.3, -0.25) is 0 Å². The highest BCUT2D eigenvalue weighted by Gasteiger charge is 2.52. The van der Waals surface area contributed by atoms with Crippen LogP contribution >= 0.6 is 0 Å². The van der Waals surface area contributed by atoms with Crippen LogP contribution in [0.2, 0.25) is 0 Å². The van der Waals surface area contributed by atoms with E-state index in [4.69, 9.17) is 9.47 Å². The number of ether oxygens (including phenoxy) is 2. The first kappa shape index (κ1) is 12.3. The van der Waals surface area contributed by atoms with E-state index >= 15 is 0 Å². The molecule has 0 aromatic heterocycles. The van der Waals surface area contributed by atoms with E-state index in [1.54, 1.807) is 0 Å². The van der Waals surface area contributed by atoms with Gasteiger partial charge in [0.05, 0.1) is 19.3 Å². The Morgan fingerprint density at radius 3 is 2.76 bits per heavy atom. The highest BCUT2D eigenvalue weighted by Crippen LogP contribution is 2.41. The summed E-state index contributed by atoms with van der Waals surface area (Å²) < 4.78 is 11.3. The van der Waals surface area contributed by atoms with Gasteiger partial charge in [-0.1, -0.05) is 43.3 Å². The molecule has 1 aromatic rings. The summed E-state index contributed by atoms with van der Waals surface area (Å²) in [5, 5.41) is 0. The van der Waals surface area contributed by atoms with Gasteiger partial charge in [-0.05, 0) is 12.5 Å². The lowest BCUT2D eigenvalue weighted by molar-refractivity contribution is 0.0825. The predicted molar refractivity (Wildman–Crippen MR) is 68.7 cm³/mol. The van der Waals surface area contributed by atoms with E-state index in [1.807, 2.05) is 24.3 Å². The van der Waals surface area contributed by atoms with Gasteiger partial charge in [-0.2, -0.15) is 0 Å². The lowest BCUT2D eigenvalue weighted by Gasteiger charge is -2.10. The van der Waals surface area contributed by atoms with Crippen LogP contribution in [0.4, 0.5) is 0 Å². The van der Waals surface area contributed by atoms with Crippen molar-refractivity contribution < 1.29 is 9.47 Å². The molecule has 1 heterocycles. The molecule has 0 radical (unpaired) electrons. The standard InChI is InChI=1S/C15H20O2/c1-4-15(3)14(17-15)12(2)10-16-11-13-8-6-5-7-9-13/h4-9,12,14H,1,10-11H2,2-3H3/t12-,14?,15+/m1/s1. The fourth-order valence-corrected chi connectivity index (χ4v) is 2.11. The molecule has 92 valence electrons. The summed E-state index contributed by atoms with van der Waals surface area (Å²) in [6, 6.07) is 10.2. The van der Waals surface area contributed by atoms with Crippen molar-refractivity contribution in [3.63, 3.8) is 0 Å². The molecule has 1 aromatic carbocycles. The summed E-state index contributed by atoms with van der Waals surface area (Å²) in [6.07, 6.45) is 2.14. The number of benzene rings is 1. The molecule has 0 amide bonds. The third-order valence-corrected chi connectivity index (χ3v) is 3.30. The van der Waals surface area contributed by atoms with Crippen LogP contribution in [0.3, 0.4) is 0 Å². The van der Waals surface area contributed by atoms with Crippen LogP contribution in [0.25, 0.3) is 0 Å². The molecular formula is C15H20O2. The van der Waals surface area contributed by atoms with E-state index in [-0.39, 0.29) is 11.7 Å². The highest BCUT2D eigenvalue weighted by molar-refractivity contribution is 5.14. The van der Waals surface area contributed by atoms with E-state index in [9.17, 15) is 0 Å². The average molecular weight is 232 g/mol. The van der Waals surface area contributed by atoms with Crippen LogP contribution in [-0.2, 0) is 16.1 Å². The van der Waals surface area contributed by atoms with Gasteiger partial charge in [0, 0.05) is 5.92 Å². The van der Waals surface area contributed by atoms with Gasteiger partial charge >= 0.3 is 0 Å². The van der Waals surface area contributed by atoms with Gasteiger partial charge in [-0.25, -0.2) is 0 Å². The maximum Gasteiger partial charge on any atom is 0.110 e. The summed E-state index contributed by atoms with van der Waals surface area (Å²) in [7, 11) is 0. The molecule has 1 unspecified atom stereocenters. The van der Waals surface area contributed by atoms with Crippen molar-refractivity contribution in [3.8, 4) is 0 Å². The molecule has 3 atom stereocenters. The third kappa shape index (κ3) is 2.96. The van der Waals surface area contributed by atoms with Crippen LogP contribution in [0.15, 0.2) is 43.0 Å². The van der Waals surface area contributed by atoms with Crippen molar-refractivity contribution in [3.05, 3.63) is 48.6 Å².